The lowest BCUT2D eigenvalue weighted by molar-refractivity contribution is -0.246. The molecule has 1 aliphatic rings. The number of hydrogen-bond acceptors (Lipinski definition) is 9. The van der Waals surface area contributed by atoms with Crippen molar-refractivity contribution in [2.75, 3.05) is 13.2 Å². The number of phosphoric ester groups is 1. The summed E-state index contributed by atoms with van der Waals surface area (Å²) in [4.78, 5) is 26.8. The molecule has 1 heterocycles. The highest BCUT2D eigenvalue weighted by atomic mass is 31.2. The predicted octanol–water partition coefficient (Wildman–Crippen LogP) is 10.3. The number of para-hydroxylation sites is 2. The highest BCUT2D eigenvalue weighted by Gasteiger charge is 2.45. The largest absolute Gasteiger partial charge is 0.587 e. The molecule has 0 saturated carbocycles. The van der Waals surface area contributed by atoms with Crippen molar-refractivity contribution in [2.24, 2.45) is 11.3 Å². The van der Waals surface area contributed by atoms with Gasteiger partial charge in [-0.2, -0.15) is 5.06 Å². The minimum atomic E-state index is -4.12. The predicted molar refractivity (Wildman–Crippen MR) is 216 cm³/mol. The number of allylic oxidation sites excluding steroid dienone is 2. The second-order valence-corrected chi connectivity index (χ2v) is 17.7. The molecule has 0 spiro atoms. The number of benzene rings is 3. The van der Waals surface area contributed by atoms with Crippen LogP contribution in [0.25, 0.3) is 0 Å². The molecule has 3 aromatic rings. The molecule has 3 atom stereocenters. The van der Waals surface area contributed by atoms with Crippen LogP contribution in [0.4, 0.5) is 0 Å². The van der Waals surface area contributed by atoms with Gasteiger partial charge in [0.25, 0.3) is 0 Å². The van der Waals surface area contributed by atoms with Crippen LogP contribution in [0.15, 0.2) is 103 Å². The van der Waals surface area contributed by atoms with Crippen molar-refractivity contribution in [2.45, 2.75) is 116 Å². The summed E-state index contributed by atoms with van der Waals surface area (Å²) in [5, 5.41) is 15.3. The Morgan fingerprint density at radius 1 is 0.891 bits per heavy atom. The fraction of sp³-hybridized carbons (Fsp3) is 0.500. The number of esters is 1. The molecule has 1 amide bonds. The minimum absolute atomic E-state index is 0.00153. The number of piperidine rings is 1. The van der Waals surface area contributed by atoms with Crippen LogP contribution in [0.5, 0.6) is 11.5 Å². The van der Waals surface area contributed by atoms with Crippen LogP contribution >= 0.6 is 7.82 Å². The monoisotopic (exact) mass is 776 g/mol. The Morgan fingerprint density at radius 3 is 1.95 bits per heavy atom. The molecule has 4 rings (SSSR count). The van der Waals surface area contributed by atoms with E-state index in [-0.39, 0.29) is 43.0 Å². The number of phosphoric acid groups is 1. The Hall–Kier alpha value is -3.95. The molecule has 1 fully saturated rings. The fourth-order valence-corrected chi connectivity index (χ4v) is 8.50. The van der Waals surface area contributed by atoms with Crippen LogP contribution in [-0.4, -0.2) is 52.5 Å². The molecule has 1 aliphatic heterocycles. The first-order valence-corrected chi connectivity index (χ1v) is 20.9. The summed E-state index contributed by atoms with van der Waals surface area (Å²) in [5.41, 5.74) is -0.516. The quantitative estimate of drug-likeness (QED) is 0.0499. The van der Waals surface area contributed by atoms with Gasteiger partial charge in [-0.1, -0.05) is 92.7 Å². The standard InChI is InChI=1S/C44H61N2O8P/c1-8-44(7,41(48)51-29-30-52-55(50,53-38-25-17-11-18-26-38)54-39-27-19-12-20-28-39)31-36(35-22-14-10-15-23-35)24-16-9-13-21-34(2)40(47)45-37-32-42(3,4)46(49)43(5,6)33-37/h9-12,14-20,22-23,25-28,34,36-37,49H,8,13,21,24,29-33H2,1-7H3,(H,45,47)/b16-9+. The van der Waals surface area contributed by atoms with E-state index in [0.29, 0.717) is 43.6 Å². The average Bonchev–Trinajstić information content (AvgIpc) is 3.15. The van der Waals surface area contributed by atoms with Gasteiger partial charge in [-0.15, -0.1) is 0 Å². The molecule has 0 bridgehead atoms. The number of nitrogens with one attached hydrogen (secondary N) is 1. The van der Waals surface area contributed by atoms with Gasteiger partial charge in [-0.3, -0.25) is 14.1 Å². The van der Waals surface area contributed by atoms with E-state index in [1.54, 1.807) is 48.5 Å². The zero-order chi connectivity index (χ0) is 40.1. The highest BCUT2D eigenvalue weighted by Crippen LogP contribution is 2.49. The van der Waals surface area contributed by atoms with E-state index in [1.165, 1.54) is 5.06 Å². The maximum absolute atomic E-state index is 13.7. The maximum atomic E-state index is 13.7. The van der Waals surface area contributed by atoms with Crippen molar-refractivity contribution in [1.82, 2.24) is 10.4 Å². The van der Waals surface area contributed by atoms with Gasteiger partial charge < -0.3 is 24.3 Å². The molecule has 0 aliphatic carbocycles. The van der Waals surface area contributed by atoms with Gasteiger partial charge in [0.05, 0.1) is 12.0 Å². The zero-order valence-electron chi connectivity index (χ0n) is 33.6. The topological polar surface area (TPSA) is 124 Å². The average molecular weight is 777 g/mol. The van der Waals surface area contributed by atoms with Gasteiger partial charge in [0, 0.05) is 23.0 Å². The molecule has 0 radical (unpaired) electrons. The van der Waals surface area contributed by atoms with E-state index in [9.17, 15) is 19.4 Å². The third-order valence-electron chi connectivity index (χ3n) is 10.5. The number of carbonyl (C=O) groups is 2. The van der Waals surface area contributed by atoms with Crippen LogP contribution < -0.4 is 14.4 Å². The summed E-state index contributed by atoms with van der Waals surface area (Å²) in [7, 11) is -4.12. The second kappa shape index (κ2) is 19.8. The number of hydrogen-bond donors (Lipinski definition) is 2. The number of carbonyl (C=O) groups excluding carboxylic acids is 2. The van der Waals surface area contributed by atoms with Crippen LogP contribution in [0, 0.1) is 11.3 Å². The van der Waals surface area contributed by atoms with E-state index < -0.39 is 24.3 Å². The molecule has 3 unspecified atom stereocenters. The van der Waals surface area contributed by atoms with Gasteiger partial charge in [-0.25, -0.2) is 4.57 Å². The normalized spacial score (nSPS) is 18.2. The summed E-state index contributed by atoms with van der Waals surface area (Å²) in [6.07, 6.45) is 8.94. The van der Waals surface area contributed by atoms with Crippen LogP contribution in [0.2, 0.25) is 0 Å². The lowest BCUT2D eigenvalue weighted by Gasteiger charge is -2.51. The van der Waals surface area contributed by atoms with Crippen LogP contribution in [0.3, 0.4) is 0 Å². The number of nitrogens with zero attached hydrogens (tertiary/aromatic N) is 1. The summed E-state index contributed by atoms with van der Waals surface area (Å²) in [6, 6.07) is 27.4. The first-order valence-electron chi connectivity index (χ1n) is 19.5. The third-order valence-corrected chi connectivity index (χ3v) is 11.9. The van der Waals surface area contributed by atoms with Gasteiger partial charge in [0.15, 0.2) is 0 Å². The molecule has 10 nitrogen and oxygen atoms in total. The highest BCUT2D eigenvalue weighted by molar-refractivity contribution is 7.49. The summed E-state index contributed by atoms with van der Waals surface area (Å²) >= 11 is 0. The number of ether oxygens (including phenoxy) is 1. The molecule has 3 aromatic carbocycles. The van der Waals surface area contributed by atoms with Crippen LogP contribution in [-0.2, 0) is 23.4 Å². The SMILES string of the molecule is CCC(C)(CC(C/C=C/CCC(C)C(=O)NC1CC(C)(C)N(O)C(C)(C)C1)c1ccccc1)C(=O)OCCOP(=O)(Oc1ccccc1)Oc1ccccc1. The number of hydroxylamine groups is 2. The van der Waals surface area contributed by atoms with Crippen molar-refractivity contribution < 1.29 is 37.7 Å². The summed E-state index contributed by atoms with van der Waals surface area (Å²) < 4.78 is 36.4. The van der Waals surface area contributed by atoms with Crippen molar-refractivity contribution in [3.05, 3.63) is 109 Å². The Morgan fingerprint density at radius 2 is 1.42 bits per heavy atom. The Labute approximate surface area is 328 Å². The number of rotatable bonds is 20. The third kappa shape index (κ3) is 13.1. The van der Waals surface area contributed by atoms with E-state index in [2.05, 4.69) is 29.6 Å². The van der Waals surface area contributed by atoms with E-state index in [1.807, 2.05) is 78.8 Å². The molecule has 11 heteroatoms. The first kappa shape index (κ1) is 43.8. The molecule has 300 valence electrons. The van der Waals surface area contributed by atoms with E-state index in [0.717, 1.165) is 18.4 Å². The fourth-order valence-electron chi connectivity index (χ4n) is 7.30. The van der Waals surface area contributed by atoms with Gasteiger partial charge in [0.2, 0.25) is 5.91 Å². The van der Waals surface area contributed by atoms with Gasteiger partial charge in [0.1, 0.15) is 18.1 Å². The second-order valence-electron chi connectivity index (χ2n) is 16.2. The smallest absolute Gasteiger partial charge is 0.463 e. The van der Waals surface area contributed by atoms with Crippen molar-refractivity contribution in [3.63, 3.8) is 0 Å². The lowest BCUT2D eigenvalue weighted by Crippen LogP contribution is -2.63. The molecular formula is C44H61N2O8P. The van der Waals surface area contributed by atoms with Crippen molar-refractivity contribution in [3.8, 4) is 11.5 Å². The van der Waals surface area contributed by atoms with Crippen molar-refractivity contribution in [1.29, 1.82) is 0 Å². The Bertz CT molecular complexity index is 1660. The molecular weight excluding hydrogens is 715 g/mol. The first-order chi connectivity index (χ1) is 26.1. The Balaban J connectivity index is 1.30. The molecule has 1 saturated heterocycles. The van der Waals surface area contributed by atoms with E-state index in [4.69, 9.17) is 18.3 Å². The van der Waals surface area contributed by atoms with Crippen molar-refractivity contribution >= 4 is 19.7 Å². The summed E-state index contributed by atoms with van der Waals surface area (Å²) in [6.45, 7) is 13.5. The van der Waals surface area contributed by atoms with Gasteiger partial charge in [-0.05, 0) is 115 Å². The minimum Gasteiger partial charge on any atom is -0.463 e. The molecule has 0 aromatic heterocycles. The zero-order valence-corrected chi connectivity index (χ0v) is 34.5. The molecule has 55 heavy (non-hydrogen) atoms. The van der Waals surface area contributed by atoms with Crippen LogP contribution in [0.1, 0.15) is 105 Å². The lowest BCUT2D eigenvalue weighted by atomic mass is 9.75. The summed E-state index contributed by atoms with van der Waals surface area (Å²) in [5.74, 6) is 0.219. The van der Waals surface area contributed by atoms with E-state index >= 15 is 0 Å². The molecule has 2 N–H and O–H groups in total. The number of amides is 1. The maximum Gasteiger partial charge on any atom is 0.587 e. The van der Waals surface area contributed by atoms with Gasteiger partial charge >= 0.3 is 13.8 Å². The Kier molecular flexibility index (Phi) is 15.7.